The van der Waals surface area contributed by atoms with E-state index in [1.165, 1.54) is 23.3 Å². The average molecular weight is 345 g/mol. The summed E-state index contributed by atoms with van der Waals surface area (Å²) in [4.78, 5) is 27.1. The number of amides is 1. The van der Waals surface area contributed by atoms with Crippen molar-refractivity contribution >= 4 is 28.2 Å². The van der Waals surface area contributed by atoms with Gasteiger partial charge < -0.3 is 15.0 Å². The van der Waals surface area contributed by atoms with E-state index in [0.29, 0.717) is 10.6 Å². The molecule has 2 N–H and O–H groups in total. The van der Waals surface area contributed by atoms with Gasteiger partial charge in [-0.25, -0.2) is 4.79 Å². The first-order valence-corrected chi connectivity index (χ1v) is 8.78. The van der Waals surface area contributed by atoms with Crippen LogP contribution in [0, 0.1) is 0 Å². The fourth-order valence-corrected chi connectivity index (χ4v) is 4.34. The number of esters is 1. The van der Waals surface area contributed by atoms with Gasteiger partial charge in [-0.15, -0.1) is 11.3 Å². The summed E-state index contributed by atoms with van der Waals surface area (Å²) in [6.07, 6.45) is 1.12. The van der Waals surface area contributed by atoms with Crippen LogP contribution < -0.4 is 10.2 Å². The van der Waals surface area contributed by atoms with Gasteiger partial charge in [0.25, 0.3) is 0 Å². The first-order valence-electron chi connectivity index (χ1n) is 7.96. The lowest BCUT2D eigenvalue weighted by Gasteiger charge is -2.19. The van der Waals surface area contributed by atoms with Crippen molar-refractivity contribution in [2.75, 3.05) is 26.0 Å². The smallest absolute Gasteiger partial charge is 0.341 e. The number of nitrogens with one attached hydrogen (secondary N) is 2. The Morgan fingerprint density at radius 1 is 1.29 bits per heavy atom. The number of quaternary nitrogens is 1. The number of hydrogen-bond acceptors (Lipinski definition) is 4. The number of rotatable bonds is 4. The van der Waals surface area contributed by atoms with Gasteiger partial charge in [-0.2, -0.15) is 0 Å². The van der Waals surface area contributed by atoms with Gasteiger partial charge in [-0.05, 0) is 11.1 Å². The number of anilines is 1. The second kappa shape index (κ2) is 7.15. The van der Waals surface area contributed by atoms with E-state index >= 15 is 0 Å². The molecule has 0 saturated carbocycles. The molecule has 1 unspecified atom stereocenters. The van der Waals surface area contributed by atoms with Crippen molar-refractivity contribution in [1.82, 2.24) is 0 Å². The number of methoxy groups -OCH3 is 1. The van der Waals surface area contributed by atoms with Crippen LogP contribution in [0.3, 0.4) is 0 Å². The van der Waals surface area contributed by atoms with E-state index in [-0.39, 0.29) is 18.3 Å². The molecule has 0 aliphatic carbocycles. The maximum absolute atomic E-state index is 12.4. The summed E-state index contributed by atoms with van der Waals surface area (Å²) in [7, 11) is 3.51. The molecule has 0 bridgehead atoms. The van der Waals surface area contributed by atoms with Crippen LogP contribution in [0.5, 0.6) is 0 Å². The third kappa shape index (κ3) is 3.49. The van der Waals surface area contributed by atoms with Crippen LogP contribution in [0.15, 0.2) is 30.3 Å². The zero-order chi connectivity index (χ0) is 17.1. The highest BCUT2D eigenvalue weighted by Crippen LogP contribution is 2.35. The normalized spacial score (nSPS) is 16.3. The van der Waals surface area contributed by atoms with Crippen molar-refractivity contribution in [2.45, 2.75) is 19.4 Å². The second-order valence-electron chi connectivity index (χ2n) is 6.04. The van der Waals surface area contributed by atoms with Crippen molar-refractivity contribution in [3.05, 3.63) is 51.9 Å². The molecular weight excluding hydrogens is 324 g/mol. The number of benzene rings is 1. The van der Waals surface area contributed by atoms with E-state index in [9.17, 15) is 9.59 Å². The van der Waals surface area contributed by atoms with Gasteiger partial charge >= 0.3 is 5.97 Å². The molecule has 2 heterocycles. The Kier molecular flexibility index (Phi) is 4.97. The fourth-order valence-electron chi connectivity index (χ4n) is 2.98. The maximum atomic E-state index is 12.4. The highest BCUT2D eigenvalue weighted by molar-refractivity contribution is 7.17. The van der Waals surface area contributed by atoms with E-state index < -0.39 is 0 Å². The van der Waals surface area contributed by atoms with E-state index in [1.54, 1.807) is 0 Å². The van der Waals surface area contributed by atoms with Gasteiger partial charge in [0, 0.05) is 6.42 Å². The molecule has 1 amide bonds. The highest BCUT2D eigenvalue weighted by atomic mass is 32.1. The number of likely N-dealkylation sites (N-methyl/N-ethyl adjacent to an activating group) is 1. The molecule has 5 nitrogen and oxygen atoms in total. The third-order valence-corrected chi connectivity index (χ3v) is 5.35. The first-order chi connectivity index (χ1) is 11.6. The number of carbonyl (C=O) groups is 2. The minimum absolute atomic E-state index is 0.120. The quantitative estimate of drug-likeness (QED) is 0.821. The van der Waals surface area contributed by atoms with Crippen molar-refractivity contribution in [1.29, 1.82) is 0 Å². The van der Waals surface area contributed by atoms with Crippen LogP contribution in [0.2, 0.25) is 0 Å². The zero-order valence-corrected chi connectivity index (χ0v) is 14.7. The Balaban J connectivity index is 1.84. The lowest BCUT2D eigenvalue weighted by Crippen LogP contribution is -3.08. The van der Waals surface area contributed by atoms with Gasteiger partial charge in [-0.1, -0.05) is 30.3 Å². The van der Waals surface area contributed by atoms with Crippen molar-refractivity contribution in [3.63, 3.8) is 0 Å². The Labute approximate surface area is 145 Å². The molecule has 1 aromatic heterocycles. The number of carbonyl (C=O) groups excluding carboxylic acids is 2. The molecule has 1 atom stereocenters. The van der Waals surface area contributed by atoms with E-state index in [4.69, 9.17) is 4.74 Å². The Morgan fingerprint density at radius 3 is 2.75 bits per heavy atom. The van der Waals surface area contributed by atoms with Crippen LogP contribution in [-0.4, -0.2) is 32.6 Å². The summed E-state index contributed by atoms with van der Waals surface area (Å²) in [5.41, 5.74) is 2.51. The molecule has 0 fully saturated rings. The van der Waals surface area contributed by atoms with Crippen LogP contribution in [0.1, 0.15) is 26.4 Å². The molecule has 3 rings (SSSR count). The number of hydrogen-bond donors (Lipinski definition) is 2. The summed E-state index contributed by atoms with van der Waals surface area (Å²) in [5, 5.41) is 3.53. The standard InChI is InChI=1S/C18H20N2O3S/c1-20-9-8-13-14(11-20)24-17(16(13)18(22)23-2)19-15(21)10-12-6-4-3-5-7-12/h3-7H,8-11H2,1-2H3,(H,19,21)/p+1. The predicted octanol–water partition coefficient (Wildman–Crippen LogP) is 1.29. The second-order valence-corrected chi connectivity index (χ2v) is 7.15. The molecule has 0 saturated heterocycles. The molecule has 0 radical (unpaired) electrons. The lowest BCUT2D eigenvalue weighted by molar-refractivity contribution is -0.895. The monoisotopic (exact) mass is 345 g/mol. The molecule has 24 heavy (non-hydrogen) atoms. The summed E-state index contributed by atoms with van der Waals surface area (Å²) in [6.45, 7) is 1.85. The molecule has 1 aliphatic heterocycles. The molecule has 1 aromatic carbocycles. The Morgan fingerprint density at radius 2 is 2.04 bits per heavy atom. The van der Waals surface area contributed by atoms with Crippen molar-refractivity contribution in [3.8, 4) is 0 Å². The Bertz CT molecular complexity index is 755. The van der Waals surface area contributed by atoms with E-state index in [0.717, 1.165) is 35.5 Å². The lowest BCUT2D eigenvalue weighted by atomic mass is 10.0. The SMILES string of the molecule is COC(=O)c1c(NC(=O)Cc2ccccc2)sc2c1CC[NH+](C)C2. The topological polar surface area (TPSA) is 59.8 Å². The number of thiophene rings is 1. The molecular formula is C18H21N2O3S+. The minimum atomic E-state index is -0.373. The molecule has 1 aliphatic rings. The summed E-state index contributed by atoms with van der Waals surface area (Å²) in [5.74, 6) is -0.493. The van der Waals surface area contributed by atoms with E-state index in [1.807, 2.05) is 30.3 Å². The van der Waals surface area contributed by atoms with Crippen molar-refractivity contribution < 1.29 is 19.2 Å². The van der Waals surface area contributed by atoms with Gasteiger partial charge in [0.1, 0.15) is 11.5 Å². The molecule has 126 valence electrons. The van der Waals surface area contributed by atoms with Crippen LogP contribution >= 0.6 is 11.3 Å². The molecule has 6 heteroatoms. The van der Waals surface area contributed by atoms with E-state index in [2.05, 4.69) is 12.4 Å². The molecule has 2 aromatic rings. The van der Waals surface area contributed by atoms with Gasteiger partial charge in [0.05, 0.1) is 37.6 Å². The highest BCUT2D eigenvalue weighted by Gasteiger charge is 2.29. The number of ether oxygens (including phenoxy) is 1. The minimum Gasteiger partial charge on any atom is -0.465 e. The van der Waals surface area contributed by atoms with Crippen LogP contribution in [0.4, 0.5) is 5.00 Å². The third-order valence-electron chi connectivity index (χ3n) is 4.20. The summed E-state index contributed by atoms with van der Waals surface area (Å²) in [6, 6.07) is 9.57. The molecule has 0 spiro atoms. The Hall–Kier alpha value is -2.18. The number of fused-ring (bicyclic) bond motifs is 1. The van der Waals surface area contributed by atoms with Crippen LogP contribution in [-0.2, 0) is 28.9 Å². The fraction of sp³-hybridized carbons (Fsp3) is 0.333. The van der Waals surface area contributed by atoms with Crippen LogP contribution in [0.25, 0.3) is 0 Å². The maximum Gasteiger partial charge on any atom is 0.341 e. The van der Waals surface area contributed by atoms with Crippen molar-refractivity contribution in [2.24, 2.45) is 0 Å². The summed E-state index contributed by atoms with van der Waals surface area (Å²) >= 11 is 1.49. The summed E-state index contributed by atoms with van der Waals surface area (Å²) < 4.78 is 4.94. The largest absolute Gasteiger partial charge is 0.465 e. The average Bonchev–Trinajstić information content (AvgIpc) is 2.91. The predicted molar refractivity (Wildman–Crippen MR) is 93.6 cm³/mol. The zero-order valence-electron chi connectivity index (χ0n) is 13.8. The first kappa shape index (κ1) is 16.7. The van der Waals surface area contributed by atoms with Gasteiger partial charge in [-0.3, -0.25) is 4.79 Å². The van der Waals surface area contributed by atoms with Gasteiger partial charge in [0.15, 0.2) is 0 Å². The van der Waals surface area contributed by atoms with Gasteiger partial charge in [0.2, 0.25) is 5.91 Å².